The molecular weight excluding hydrogens is 302 g/mol. The molecule has 0 radical (unpaired) electrons. The summed E-state index contributed by atoms with van der Waals surface area (Å²) in [6.45, 7) is 7.81. The van der Waals surface area contributed by atoms with Gasteiger partial charge in [-0.1, -0.05) is 0 Å². The Morgan fingerprint density at radius 1 is 1.43 bits per heavy atom. The average molecular weight is 323 g/mol. The summed E-state index contributed by atoms with van der Waals surface area (Å²) in [7, 11) is 0. The number of aromatic nitrogens is 1. The Morgan fingerprint density at radius 2 is 2.13 bits per heavy atom. The standard InChI is InChI=1S/C15H21N3O5/c1-10-7-12(9-17(10)14(19)23-15(2,3)4)22-11-5-6-13(16-8-11)18(20)21/h5-6,8,10,12H,7,9H2,1-4H3/t10-,12-/m1/s1. The monoisotopic (exact) mass is 323 g/mol. The van der Waals surface area contributed by atoms with Crippen molar-refractivity contribution in [3.63, 3.8) is 0 Å². The van der Waals surface area contributed by atoms with Gasteiger partial charge in [0, 0.05) is 18.5 Å². The van der Waals surface area contributed by atoms with Gasteiger partial charge < -0.3 is 24.5 Å². The first kappa shape index (κ1) is 17.0. The van der Waals surface area contributed by atoms with E-state index in [0.29, 0.717) is 18.7 Å². The number of likely N-dealkylation sites (tertiary alicyclic amines) is 1. The molecule has 2 heterocycles. The Bertz CT molecular complexity index is 582. The number of carbonyl (C=O) groups excluding carboxylic acids is 1. The van der Waals surface area contributed by atoms with Crippen molar-refractivity contribution in [1.82, 2.24) is 9.88 Å². The molecule has 0 unspecified atom stereocenters. The van der Waals surface area contributed by atoms with Crippen molar-refractivity contribution in [3.05, 3.63) is 28.4 Å². The highest BCUT2D eigenvalue weighted by Gasteiger charge is 2.36. The number of ether oxygens (including phenoxy) is 2. The molecule has 1 aromatic heterocycles. The normalized spacial score (nSPS) is 21.1. The van der Waals surface area contributed by atoms with Gasteiger partial charge in [-0.3, -0.25) is 0 Å². The van der Waals surface area contributed by atoms with Crippen molar-refractivity contribution in [2.75, 3.05) is 6.54 Å². The van der Waals surface area contributed by atoms with E-state index in [1.54, 1.807) is 4.90 Å². The van der Waals surface area contributed by atoms with Crippen LogP contribution in [-0.2, 0) is 4.74 Å². The Kier molecular flexibility index (Phi) is 4.72. The highest BCUT2D eigenvalue weighted by molar-refractivity contribution is 5.69. The quantitative estimate of drug-likeness (QED) is 0.627. The second-order valence-corrected chi connectivity index (χ2v) is 6.57. The first-order valence-electron chi connectivity index (χ1n) is 7.42. The summed E-state index contributed by atoms with van der Waals surface area (Å²) in [5, 5.41) is 10.6. The molecule has 1 amide bonds. The Balaban J connectivity index is 1.95. The number of hydrogen-bond acceptors (Lipinski definition) is 6. The van der Waals surface area contributed by atoms with Crippen LogP contribution < -0.4 is 4.74 Å². The van der Waals surface area contributed by atoms with Crippen LogP contribution in [0.4, 0.5) is 10.6 Å². The third-order valence-electron chi connectivity index (χ3n) is 3.37. The topological polar surface area (TPSA) is 94.8 Å². The summed E-state index contributed by atoms with van der Waals surface area (Å²) in [5.74, 6) is 0.214. The van der Waals surface area contributed by atoms with Gasteiger partial charge in [-0.2, -0.15) is 0 Å². The summed E-state index contributed by atoms with van der Waals surface area (Å²) in [6.07, 6.45) is 1.42. The van der Waals surface area contributed by atoms with E-state index in [1.165, 1.54) is 18.3 Å². The van der Waals surface area contributed by atoms with Crippen LogP contribution in [0.25, 0.3) is 0 Å². The minimum absolute atomic E-state index is 0.000794. The molecule has 1 saturated heterocycles. The second-order valence-electron chi connectivity index (χ2n) is 6.57. The van der Waals surface area contributed by atoms with Crippen molar-refractivity contribution < 1.29 is 19.2 Å². The van der Waals surface area contributed by atoms with Crippen LogP contribution in [-0.4, -0.2) is 45.2 Å². The van der Waals surface area contributed by atoms with Gasteiger partial charge in [-0.05, 0) is 43.7 Å². The lowest BCUT2D eigenvalue weighted by Crippen LogP contribution is -2.39. The van der Waals surface area contributed by atoms with Gasteiger partial charge in [-0.25, -0.2) is 4.79 Å². The molecule has 0 aromatic carbocycles. The minimum Gasteiger partial charge on any atom is -0.485 e. The maximum Gasteiger partial charge on any atom is 0.410 e. The third-order valence-corrected chi connectivity index (χ3v) is 3.37. The van der Waals surface area contributed by atoms with Crippen LogP contribution in [0.1, 0.15) is 34.1 Å². The van der Waals surface area contributed by atoms with E-state index in [0.717, 1.165) is 0 Å². The first-order valence-corrected chi connectivity index (χ1v) is 7.42. The van der Waals surface area contributed by atoms with Gasteiger partial charge in [0.05, 0.1) is 6.54 Å². The molecule has 1 aliphatic heterocycles. The molecule has 23 heavy (non-hydrogen) atoms. The zero-order chi connectivity index (χ0) is 17.2. The predicted molar refractivity (Wildman–Crippen MR) is 82.3 cm³/mol. The van der Waals surface area contributed by atoms with Crippen molar-refractivity contribution >= 4 is 11.9 Å². The lowest BCUT2D eigenvalue weighted by molar-refractivity contribution is -0.389. The molecule has 1 fully saturated rings. The van der Waals surface area contributed by atoms with E-state index in [4.69, 9.17) is 9.47 Å². The molecule has 126 valence electrons. The second kappa shape index (κ2) is 6.39. The molecule has 1 aliphatic rings. The van der Waals surface area contributed by atoms with Crippen molar-refractivity contribution in [2.24, 2.45) is 0 Å². The van der Waals surface area contributed by atoms with Gasteiger partial charge in [0.1, 0.15) is 11.7 Å². The average Bonchev–Trinajstić information content (AvgIpc) is 2.78. The summed E-state index contributed by atoms with van der Waals surface area (Å²) < 4.78 is 11.1. The van der Waals surface area contributed by atoms with E-state index in [-0.39, 0.29) is 24.1 Å². The molecule has 8 nitrogen and oxygen atoms in total. The Morgan fingerprint density at radius 3 is 2.65 bits per heavy atom. The number of amides is 1. The summed E-state index contributed by atoms with van der Waals surface area (Å²) >= 11 is 0. The van der Waals surface area contributed by atoms with Gasteiger partial charge in [0.2, 0.25) is 0 Å². The largest absolute Gasteiger partial charge is 0.485 e. The number of carbonyl (C=O) groups is 1. The van der Waals surface area contributed by atoms with E-state index >= 15 is 0 Å². The van der Waals surface area contributed by atoms with Gasteiger partial charge >= 0.3 is 11.9 Å². The van der Waals surface area contributed by atoms with E-state index in [2.05, 4.69) is 4.98 Å². The zero-order valence-corrected chi connectivity index (χ0v) is 13.7. The molecule has 2 rings (SSSR count). The van der Waals surface area contributed by atoms with Crippen LogP contribution in [0, 0.1) is 10.1 Å². The van der Waals surface area contributed by atoms with Crippen molar-refractivity contribution in [2.45, 2.75) is 51.9 Å². The van der Waals surface area contributed by atoms with E-state index in [9.17, 15) is 14.9 Å². The smallest absolute Gasteiger partial charge is 0.410 e. The maximum atomic E-state index is 12.1. The molecule has 8 heteroatoms. The van der Waals surface area contributed by atoms with Crippen LogP contribution in [0.5, 0.6) is 5.75 Å². The first-order chi connectivity index (χ1) is 10.7. The maximum absolute atomic E-state index is 12.1. The van der Waals surface area contributed by atoms with Crippen molar-refractivity contribution in [3.8, 4) is 5.75 Å². The highest BCUT2D eigenvalue weighted by atomic mass is 16.6. The molecule has 0 aliphatic carbocycles. The van der Waals surface area contributed by atoms with Crippen LogP contribution in [0.3, 0.4) is 0 Å². The summed E-state index contributed by atoms with van der Waals surface area (Å²) in [5.41, 5.74) is -0.544. The summed E-state index contributed by atoms with van der Waals surface area (Å²) in [4.78, 5) is 27.5. The fraction of sp³-hybridized carbons (Fsp3) is 0.600. The molecule has 0 spiro atoms. The van der Waals surface area contributed by atoms with E-state index in [1.807, 2.05) is 27.7 Å². The number of nitrogens with zero attached hydrogens (tertiary/aromatic N) is 3. The predicted octanol–water partition coefficient (Wildman–Crippen LogP) is 2.77. The lowest BCUT2D eigenvalue weighted by Gasteiger charge is -2.26. The molecule has 1 aromatic rings. The van der Waals surface area contributed by atoms with Gasteiger partial charge in [0.15, 0.2) is 11.9 Å². The fourth-order valence-corrected chi connectivity index (χ4v) is 2.38. The van der Waals surface area contributed by atoms with Crippen LogP contribution in [0.2, 0.25) is 0 Å². The Hall–Kier alpha value is -2.38. The summed E-state index contributed by atoms with van der Waals surface area (Å²) in [6, 6.07) is 2.80. The van der Waals surface area contributed by atoms with Crippen molar-refractivity contribution in [1.29, 1.82) is 0 Å². The third kappa shape index (κ3) is 4.54. The van der Waals surface area contributed by atoms with E-state index < -0.39 is 10.5 Å². The number of pyridine rings is 1. The molecule has 0 N–H and O–H groups in total. The zero-order valence-electron chi connectivity index (χ0n) is 13.7. The van der Waals surface area contributed by atoms with Gasteiger partial charge in [0.25, 0.3) is 0 Å². The molecule has 0 bridgehead atoms. The Labute approximate surface area is 134 Å². The SMILES string of the molecule is C[C@@H]1C[C@@H](Oc2ccc([N+](=O)[O-])nc2)CN1C(=O)OC(C)(C)C. The molecule has 2 atom stereocenters. The fourth-order valence-electron chi connectivity index (χ4n) is 2.38. The number of rotatable bonds is 3. The number of nitro groups is 1. The molecule has 0 saturated carbocycles. The van der Waals surface area contributed by atoms with Crippen LogP contribution >= 0.6 is 0 Å². The minimum atomic E-state index is -0.564. The molecular formula is C15H21N3O5. The van der Waals surface area contributed by atoms with Gasteiger partial charge in [-0.15, -0.1) is 0 Å². The van der Waals surface area contributed by atoms with Crippen LogP contribution in [0.15, 0.2) is 18.3 Å². The lowest BCUT2D eigenvalue weighted by atomic mass is 10.2. The number of hydrogen-bond donors (Lipinski definition) is 0. The highest BCUT2D eigenvalue weighted by Crippen LogP contribution is 2.25.